The van der Waals surface area contributed by atoms with Gasteiger partial charge in [0, 0.05) is 5.75 Å². The van der Waals surface area contributed by atoms with Crippen LogP contribution in [0.25, 0.3) is 0 Å². The quantitative estimate of drug-likeness (QED) is 0.456. The van der Waals surface area contributed by atoms with Crippen LogP contribution in [0.4, 0.5) is 10.7 Å². The molecule has 0 saturated carbocycles. The molecule has 1 fully saturated rings. The van der Waals surface area contributed by atoms with Crippen molar-refractivity contribution in [2.75, 3.05) is 12.3 Å². The number of thioether (sulfide) groups is 1. The standard InChI is InChI=1S/C8H7N3O4S/c12-8-10(3-4-16-8)9-5-6-1-2-7(15-6)11(13)14/h1-2,5H,3-4H2/b9-5+. The number of carbonyl (C=O) groups excluding carboxylic acids is 1. The molecular formula is C8H7N3O4S. The zero-order valence-corrected chi connectivity index (χ0v) is 8.85. The van der Waals surface area contributed by atoms with Gasteiger partial charge in [0.25, 0.3) is 0 Å². The summed E-state index contributed by atoms with van der Waals surface area (Å²) in [5.74, 6) is 0.606. The van der Waals surface area contributed by atoms with Crippen molar-refractivity contribution in [1.82, 2.24) is 5.01 Å². The lowest BCUT2D eigenvalue weighted by Crippen LogP contribution is -2.16. The Labute approximate surface area is 94.2 Å². The van der Waals surface area contributed by atoms with Gasteiger partial charge in [0.05, 0.1) is 18.8 Å². The number of hydrogen-bond acceptors (Lipinski definition) is 6. The van der Waals surface area contributed by atoms with Crippen LogP contribution < -0.4 is 0 Å². The molecule has 1 aliphatic heterocycles. The Morgan fingerprint density at radius 1 is 1.62 bits per heavy atom. The molecule has 0 aromatic carbocycles. The third kappa shape index (κ3) is 2.22. The van der Waals surface area contributed by atoms with Crippen molar-refractivity contribution < 1.29 is 14.1 Å². The maximum absolute atomic E-state index is 11.1. The van der Waals surface area contributed by atoms with Crippen LogP contribution in [-0.4, -0.2) is 33.7 Å². The van der Waals surface area contributed by atoms with E-state index >= 15 is 0 Å². The molecule has 2 heterocycles. The maximum Gasteiger partial charge on any atom is 0.433 e. The van der Waals surface area contributed by atoms with E-state index in [-0.39, 0.29) is 16.9 Å². The van der Waals surface area contributed by atoms with Crippen LogP contribution in [0.2, 0.25) is 0 Å². The van der Waals surface area contributed by atoms with Crippen LogP contribution in [-0.2, 0) is 0 Å². The van der Waals surface area contributed by atoms with Gasteiger partial charge in [-0.2, -0.15) is 5.10 Å². The topological polar surface area (TPSA) is 89.0 Å². The monoisotopic (exact) mass is 241 g/mol. The minimum absolute atomic E-state index is 0.127. The van der Waals surface area contributed by atoms with Crippen LogP contribution in [0.5, 0.6) is 0 Å². The van der Waals surface area contributed by atoms with Gasteiger partial charge in [-0.25, -0.2) is 5.01 Å². The number of nitro groups is 1. The smallest absolute Gasteiger partial charge is 0.400 e. The highest BCUT2D eigenvalue weighted by atomic mass is 32.2. The van der Waals surface area contributed by atoms with E-state index in [9.17, 15) is 14.9 Å². The Morgan fingerprint density at radius 3 is 3.00 bits per heavy atom. The summed E-state index contributed by atoms with van der Waals surface area (Å²) in [7, 11) is 0. The lowest BCUT2D eigenvalue weighted by Gasteiger charge is -2.04. The third-order valence-electron chi connectivity index (χ3n) is 1.86. The number of hydrazone groups is 1. The first-order chi connectivity index (χ1) is 7.66. The summed E-state index contributed by atoms with van der Waals surface area (Å²) in [5, 5.41) is 15.4. The molecule has 0 N–H and O–H groups in total. The van der Waals surface area contributed by atoms with Crippen LogP contribution in [0.15, 0.2) is 21.7 Å². The Kier molecular flexibility index (Phi) is 2.91. The molecule has 0 radical (unpaired) electrons. The first-order valence-corrected chi connectivity index (χ1v) is 5.38. The molecular weight excluding hydrogens is 234 g/mol. The van der Waals surface area contributed by atoms with Gasteiger partial charge in [-0.3, -0.25) is 14.9 Å². The predicted octanol–water partition coefficient (Wildman–Crippen LogP) is 1.69. The summed E-state index contributed by atoms with van der Waals surface area (Å²) < 4.78 is 4.85. The Balaban J connectivity index is 2.05. The largest absolute Gasteiger partial charge is 0.433 e. The van der Waals surface area contributed by atoms with Crippen molar-refractivity contribution >= 4 is 29.1 Å². The van der Waals surface area contributed by atoms with E-state index < -0.39 is 4.92 Å². The summed E-state index contributed by atoms with van der Waals surface area (Å²) in [5.41, 5.74) is 0. The van der Waals surface area contributed by atoms with E-state index in [1.807, 2.05) is 0 Å². The summed E-state index contributed by atoms with van der Waals surface area (Å²) in [6.45, 7) is 0.544. The van der Waals surface area contributed by atoms with E-state index in [1.165, 1.54) is 35.1 Å². The highest BCUT2D eigenvalue weighted by Crippen LogP contribution is 2.18. The highest BCUT2D eigenvalue weighted by Gasteiger charge is 2.20. The van der Waals surface area contributed by atoms with Crippen LogP contribution in [0, 0.1) is 10.1 Å². The van der Waals surface area contributed by atoms with Gasteiger partial charge in [0.1, 0.15) is 4.92 Å². The van der Waals surface area contributed by atoms with Gasteiger partial charge in [-0.1, -0.05) is 11.8 Å². The fraction of sp³-hybridized carbons (Fsp3) is 0.250. The normalized spacial score (nSPS) is 16.2. The Bertz CT molecular complexity index is 456. The van der Waals surface area contributed by atoms with E-state index in [4.69, 9.17) is 4.42 Å². The van der Waals surface area contributed by atoms with Crippen LogP contribution in [0.1, 0.15) is 5.76 Å². The summed E-state index contributed by atoms with van der Waals surface area (Å²) in [6, 6.07) is 2.66. The fourth-order valence-electron chi connectivity index (χ4n) is 1.13. The van der Waals surface area contributed by atoms with Gasteiger partial charge in [0.15, 0.2) is 5.76 Å². The van der Waals surface area contributed by atoms with Gasteiger partial charge >= 0.3 is 11.1 Å². The number of nitrogens with zero attached hydrogens (tertiary/aromatic N) is 3. The maximum atomic E-state index is 11.1. The molecule has 1 aromatic rings. The molecule has 8 heteroatoms. The van der Waals surface area contributed by atoms with Crippen molar-refractivity contribution in [3.05, 3.63) is 28.0 Å². The Hall–Kier alpha value is -1.83. The number of amides is 1. The van der Waals surface area contributed by atoms with Gasteiger partial charge in [0.2, 0.25) is 0 Å². The second-order valence-corrected chi connectivity index (χ2v) is 3.96. The molecule has 0 spiro atoms. The molecule has 16 heavy (non-hydrogen) atoms. The minimum Gasteiger partial charge on any atom is -0.400 e. The lowest BCUT2D eigenvalue weighted by molar-refractivity contribution is -0.402. The third-order valence-corrected chi connectivity index (χ3v) is 2.70. The molecule has 1 saturated heterocycles. The average molecular weight is 241 g/mol. The van der Waals surface area contributed by atoms with Crippen LogP contribution in [0.3, 0.4) is 0 Å². The molecule has 1 aliphatic rings. The fourth-order valence-corrected chi connectivity index (χ4v) is 1.85. The van der Waals surface area contributed by atoms with Crippen molar-refractivity contribution in [1.29, 1.82) is 0 Å². The average Bonchev–Trinajstić information content (AvgIpc) is 2.83. The molecule has 2 rings (SSSR count). The van der Waals surface area contributed by atoms with Crippen molar-refractivity contribution in [2.45, 2.75) is 0 Å². The molecule has 0 atom stereocenters. The Morgan fingerprint density at radius 2 is 2.44 bits per heavy atom. The predicted molar refractivity (Wildman–Crippen MR) is 57.5 cm³/mol. The molecule has 1 aromatic heterocycles. The highest BCUT2D eigenvalue weighted by molar-refractivity contribution is 8.13. The van der Waals surface area contributed by atoms with Crippen molar-refractivity contribution in [2.24, 2.45) is 5.10 Å². The van der Waals surface area contributed by atoms with Gasteiger partial charge in [-0.15, -0.1) is 0 Å². The first-order valence-electron chi connectivity index (χ1n) is 4.39. The molecule has 84 valence electrons. The van der Waals surface area contributed by atoms with E-state index in [1.54, 1.807) is 0 Å². The summed E-state index contributed by atoms with van der Waals surface area (Å²) >= 11 is 1.19. The number of furan rings is 1. The molecule has 0 aliphatic carbocycles. The number of carbonyl (C=O) groups is 1. The molecule has 0 unspecified atom stereocenters. The minimum atomic E-state index is -0.631. The zero-order valence-electron chi connectivity index (χ0n) is 8.03. The van der Waals surface area contributed by atoms with E-state index in [2.05, 4.69) is 5.10 Å². The molecule has 7 nitrogen and oxygen atoms in total. The summed E-state index contributed by atoms with van der Waals surface area (Å²) in [4.78, 5) is 20.8. The van der Waals surface area contributed by atoms with Gasteiger partial charge < -0.3 is 4.42 Å². The van der Waals surface area contributed by atoms with Crippen molar-refractivity contribution in [3.8, 4) is 0 Å². The lowest BCUT2D eigenvalue weighted by atomic mass is 10.5. The van der Waals surface area contributed by atoms with Gasteiger partial charge in [-0.05, 0) is 6.07 Å². The van der Waals surface area contributed by atoms with E-state index in [0.717, 1.165) is 0 Å². The van der Waals surface area contributed by atoms with E-state index in [0.29, 0.717) is 12.3 Å². The van der Waals surface area contributed by atoms with Crippen molar-refractivity contribution in [3.63, 3.8) is 0 Å². The number of rotatable bonds is 3. The SMILES string of the molecule is O=C1SCCN1/N=C/c1ccc([N+](=O)[O-])o1. The molecule has 0 bridgehead atoms. The zero-order chi connectivity index (χ0) is 11.5. The van der Waals surface area contributed by atoms with Crippen LogP contribution >= 0.6 is 11.8 Å². The second-order valence-electron chi connectivity index (χ2n) is 2.92. The first kappa shape index (κ1) is 10.7. The molecule has 1 amide bonds. The summed E-state index contributed by atoms with van der Waals surface area (Å²) in [6.07, 6.45) is 1.29. The second kappa shape index (κ2) is 4.35. The number of hydrogen-bond donors (Lipinski definition) is 0.